The molecule has 9 aromatic rings. The molecule has 0 saturated carbocycles. The molecule has 0 bridgehead atoms. The monoisotopic (exact) mass is 750 g/mol. The molecule has 58 heavy (non-hydrogen) atoms. The standard InChI is InChI=1S/C55H40N2O/c1-55(2)43-32-18-19-34-46(43)58-53-42(31-20-33-44(53)55)54-56-36-35-45(57-54)52-50(40-27-14-6-15-28-40)48(38-23-10-4-11-24-38)47(37-21-8-3-9-22-37)49(39-25-12-5-13-26-39)51(52)41-29-16-7-17-30-41/h3-36H,1-2H3/i1D3,2D3. The Balaban J connectivity index is 1.36. The predicted molar refractivity (Wildman–Crippen MR) is 239 cm³/mol. The normalized spacial score (nSPS) is 14.6. The molecule has 0 radical (unpaired) electrons. The molecule has 0 spiro atoms. The molecule has 8 aromatic carbocycles. The fraction of sp³-hybridized carbons (Fsp3) is 0.0545. The molecule has 1 aliphatic heterocycles. The molecule has 0 N–H and O–H groups in total. The molecular formula is C55H40N2O. The summed E-state index contributed by atoms with van der Waals surface area (Å²) in [4.78, 5) is 10.3. The van der Waals surface area contributed by atoms with Gasteiger partial charge in [0.2, 0.25) is 0 Å². The van der Waals surface area contributed by atoms with Crippen LogP contribution in [0, 0.1) is 0 Å². The van der Waals surface area contributed by atoms with E-state index in [0.29, 0.717) is 11.3 Å². The van der Waals surface area contributed by atoms with Gasteiger partial charge in [0, 0.05) is 47.7 Å². The van der Waals surface area contributed by atoms with Crippen LogP contribution in [-0.2, 0) is 5.41 Å². The fourth-order valence-corrected chi connectivity index (χ4v) is 8.34. The van der Waals surface area contributed by atoms with Crippen LogP contribution >= 0.6 is 0 Å². The van der Waals surface area contributed by atoms with E-state index in [-0.39, 0.29) is 28.5 Å². The summed E-state index contributed by atoms with van der Waals surface area (Å²) in [6.45, 7) is -5.99. The summed E-state index contributed by atoms with van der Waals surface area (Å²) < 4.78 is 59.8. The van der Waals surface area contributed by atoms with Crippen molar-refractivity contribution in [2.45, 2.75) is 19.1 Å². The highest BCUT2D eigenvalue weighted by molar-refractivity contribution is 6.14. The lowest BCUT2D eigenvalue weighted by molar-refractivity contribution is 0.419. The molecule has 3 nitrogen and oxygen atoms in total. The summed E-state index contributed by atoms with van der Waals surface area (Å²) in [5.74, 6) is 0.484. The molecule has 0 unspecified atom stereocenters. The molecule has 0 saturated heterocycles. The van der Waals surface area contributed by atoms with Gasteiger partial charge in [0.05, 0.1) is 11.3 Å². The van der Waals surface area contributed by atoms with Crippen LogP contribution < -0.4 is 4.74 Å². The molecule has 10 rings (SSSR count). The van der Waals surface area contributed by atoms with Gasteiger partial charge in [-0.3, -0.25) is 0 Å². The van der Waals surface area contributed by atoms with Gasteiger partial charge in [0.25, 0.3) is 0 Å². The lowest BCUT2D eigenvalue weighted by Crippen LogP contribution is -2.24. The van der Waals surface area contributed by atoms with E-state index in [0.717, 1.165) is 61.2 Å². The van der Waals surface area contributed by atoms with Crippen LogP contribution in [0.4, 0.5) is 0 Å². The molecule has 0 amide bonds. The first kappa shape index (κ1) is 29.0. The zero-order valence-corrected chi connectivity index (χ0v) is 31.4. The Bertz CT molecular complexity index is 3020. The molecule has 0 fully saturated rings. The van der Waals surface area contributed by atoms with Crippen molar-refractivity contribution < 1.29 is 13.0 Å². The Morgan fingerprint density at radius 3 is 1.29 bits per heavy atom. The second kappa shape index (κ2) is 14.6. The van der Waals surface area contributed by atoms with E-state index in [1.54, 1.807) is 42.6 Å². The third kappa shape index (κ3) is 6.00. The van der Waals surface area contributed by atoms with Crippen molar-refractivity contribution in [3.63, 3.8) is 0 Å². The van der Waals surface area contributed by atoms with Gasteiger partial charge in [-0.15, -0.1) is 0 Å². The van der Waals surface area contributed by atoms with E-state index < -0.39 is 19.1 Å². The smallest absolute Gasteiger partial charge is 0.163 e. The van der Waals surface area contributed by atoms with Gasteiger partial charge >= 0.3 is 0 Å². The molecule has 0 aliphatic carbocycles. The second-order valence-corrected chi connectivity index (χ2v) is 14.4. The summed E-state index contributed by atoms with van der Waals surface area (Å²) in [5.41, 5.74) is 9.56. The Hall–Kier alpha value is -7.36. The van der Waals surface area contributed by atoms with Crippen LogP contribution in [-0.4, -0.2) is 9.97 Å². The van der Waals surface area contributed by atoms with Crippen molar-refractivity contribution in [3.8, 4) is 89.8 Å². The van der Waals surface area contributed by atoms with Crippen molar-refractivity contribution >= 4 is 0 Å². The topological polar surface area (TPSA) is 35.0 Å². The van der Waals surface area contributed by atoms with Crippen LogP contribution in [0.1, 0.15) is 33.1 Å². The SMILES string of the molecule is [2H]C([2H])([2H])C1(C([2H])([2H])[2H])c2ccccc2Oc2c(-c3nccc(-c4c(-c5ccccc5)c(-c5ccccc5)c(-c5ccccc5)c(-c5ccccc5)c4-c4ccccc4)n3)cccc21. The van der Waals surface area contributed by atoms with Gasteiger partial charge in [-0.2, -0.15) is 0 Å². The van der Waals surface area contributed by atoms with Crippen LogP contribution in [0.3, 0.4) is 0 Å². The molecule has 276 valence electrons. The highest BCUT2D eigenvalue weighted by Gasteiger charge is 2.36. The number of hydrogen-bond donors (Lipinski definition) is 0. The van der Waals surface area contributed by atoms with Crippen molar-refractivity contribution in [1.82, 2.24) is 9.97 Å². The summed E-state index contributed by atoms with van der Waals surface area (Å²) >= 11 is 0. The molecular weight excluding hydrogens is 705 g/mol. The largest absolute Gasteiger partial charge is 0.456 e. The average molecular weight is 751 g/mol. The summed E-state index contributed by atoms with van der Waals surface area (Å²) in [5, 5.41) is 0. The molecule has 2 heterocycles. The number of nitrogens with zero attached hydrogens (tertiary/aromatic N) is 2. The number of hydrogen-bond acceptors (Lipinski definition) is 3. The third-order valence-corrected chi connectivity index (χ3v) is 10.9. The molecule has 1 aromatic heterocycles. The lowest BCUT2D eigenvalue weighted by atomic mass is 9.75. The summed E-state index contributed by atoms with van der Waals surface area (Å²) in [7, 11) is 0. The van der Waals surface area contributed by atoms with E-state index >= 15 is 0 Å². The number of benzene rings is 8. The van der Waals surface area contributed by atoms with E-state index in [1.165, 1.54) is 6.07 Å². The number of para-hydroxylation sites is 2. The van der Waals surface area contributed by atoms with Gasteiger partial charge in [0.15, 0.2) is 5.82 Å². The second-order valence-electron chi connectivity index (χ2n) is 14.4. The Labute approximate surface area is 348 Å². The van der Waals surface area contributed by atoms with E-state index in [9.17, 15) is 0 Å². The zero-order valence-electron chi connectivity index (χ0n) is 37.4. The Kier molecular flexibility index (Phi) is 7.30. The third-order valence-electron chi connectivity index (χ3n) is 10.9. The van der Waals surface area contributed by atoms with Crippen LogP contribution in [0.5, 0.6) is 11.5 Å². The van der Waals surface area contributed by atoms with Crippen molar-refractivity contribution in [2.24, 2.45) is 0 Å². The van der Waals surface area contributed by atoms with Gasteiger partial charge in [-0.1, -0.05) is 196 Å². The van der Waals surface area contributed by atoms with Crippen molar-refractivity contribution in [1.29, 1.82) is 0 Å². The first-order valence-electron chi connectivity index (χ1n) is 22.3. The van der Waals surface area contributed by atoms with Gasteiger partial charge in [-0.05, 0) is 62.7 Å². The minimum atomic E-state index is -2.99. The fourth-order valence-electron chi connectivity index (χ4n) is 8.34. The van der Waals surface area contributed by atoms with Crippen molar-refractivity contribution in [3.05, 3.63) is 218 Å². The van der Waals surface area contributed by atoms with Crippen LogP contribution in [0.15, 0.2) is 206 Å². The Morgan fingerprint density at radius 1 is 0.414 bits per heavy atom. The molecule has 3 heteroatoms. The zero-order chi connectivity index (χ0) is 44.1. The highest BCUT2D eigenvalue weighted by Crippen LogP contribution is 2.56. The average Bonchev–Trinajstić information content (AvgIpc) is 3.32. The minimum absolute atomic E-state index is 0.0255. The first-order valence-corrected chi connectivity index (χ1v) is 19.3. The van der Waals surface area contributed by atoms with E-state index in [4.69, 9.17) is 22.9 Å². The highest BCUT2D eigenvalue weighted by atomic mass is 16.5. The van der Waals surface area contributed by atoms with Crippen molar-refractivity contribution in [2.75, 3.05) is 0 Å². The maximum absolute atomic E-state index is 8.87. The van der Waals surface area contributed by atoms with Crippen LogP contribution in [0.2, 0.25) is 0 Å². The number of fused-ring (bicyclic) bond motifs is 2. The molecule has 0 atom stereocenters. The first-order chi connectivity index (χ1) is 31.1. The summed E-state index contributed by atoms with van der Waals surface area (Å²) in [6.07, 6.45) is 1.70. The number of rotatable bonds is 7. The van der Waals surface area contributed by atoms with Crippen LogP contribution in [0.25, 0.3) is 78.3 Å². The summed E-state index contributed by atoms with van der Waals surface area (Å²) in [6, 6.07) is 65.4. The number of ether oxygens (including phenoxy) is 1. The van der Waals surface area contributed by atoms with Gasteiger partial charge < -0.3 is 4.74 Å². The Morgan fingerprint density at radius 2 is 0.828 bits per heavy atom. The lowest BCUT2D eigenvalue weighted by Gasteiger charge is -2.35. The number of aromatic nitrogens is 2. The maximum atomic E-state index is 8.87. The van der Waals surface area contributed by atoms with Gasteiger partial charge in [0.1, 0.15) is 11.5 Å². The molecule has 1 aliphatic rings. The van der Waals surface area contributed by atoms with E-state index in [1.807, 2.05) is 60.7 Å². The maximum Gasteiger partial charge on any atom is 0.163 e. The van der Waals surface area contributed by atoms with E-state index in [2.05, 4.69) is 97.1 Å². The van der Waals surface area contributed by atoms with Gasteiger partial charge in [-0.25, -0.2) is 9.97 Å². The predicted octanol–water partition coefficient (Wildman–Crippen LogP) is 14.6. The minimum Gasteiger partial charge on any atom is -0.456 e. The quantitative estimate of drug-likeness (QED) is 0.163.